The van der Waals surface area contributed by atoms with Crippen LogP contribution in [0.1, 0.15) is 5.56 Å². The van der Waals surface area contributed by atoms with Gasteiger partial charge in [-0.3, -0.25) is 15.0 Å². The molecular formula is C11H14N2O3. The number of ether oxygens (including phenoxy) is 1. The number of nitro groups is 1. The Bertz CT molecular complexity index is 414. The molecule has 1 fully saturated rings. The van der Waals surface area contributed by atoms with Gasteiger partial charge in [0.05, 0.1) is 4.92 Å². The SMILES string of the molecule is Cc1cc([N+](=O)[O-])ccc1OC1CN(C)C1. The number of nitro benzene ring substituents is 1. The lowest BCUT2D eigenvalue weighted by Crippen LogP contribution is -2.51. The molecule has 1 aliphatic rings. The van der Waals surface area contributed by atoms with E-state index in [4.69, 9.17) is 4.74 Å². The summed E-state index contributed by atoms with van der Waals surface area (Å²) >= 11 is 0. The van der Waals surface area contributed by atoms with Gasteiger partial charge in [-0.2, -0.15) is 0 Å². The van der Waals surface area contributed by atoms with Crippen LogP contribution in [0, 0.1) is 17.0 Å². The van der Waals surface area contributed by atoms with Gasteiger partial charge in [-0.25, -0.2) is 0 Å². The third-order valence-electron chi connectivity index (χ3n) is 2.69. The first-order valence-corrected chi connectivity index (χ1v) is 5.16. The van der Waals surface area contributed by atoms with E-state index in [1.807, 2.05) is 14.0 Å². The maximum absolute atomic E-state index is 10.6. The van der Waals surface area contributed by atoms with Gasteiger partial charge in [0.1, 0.15) is 11.9 Å². The predicted octanol–water partition coefficient (Wildman–Crippen LogP) is 1.60. The molecule has 86 valence electrons. The Morgan fingerprint density at radius 3 is 2.69 bits per heavy atom. The van der Waals surface area contributed by atoms with E-state index in [0.29, 0.717) is 0 Å². The number of likely N-dealkylation sites (N-methyl/N-ethyl adjacent to an activating group) is 1. The molecule has 2 rings (SSSR count). The predicted molar refractivity (Wildman–Crippen MR) is 59.7 cm³/mol. The molecule has 16 heavy (non-hydrogen) atoms. The monoisotopic (exact) mass is 222 g/mol. The number of non-ortho nitro benzene ring substituents is 1. The van der Waals surface area contributed by atoms with Crippen LogP contribution in [0.25, 0.3) is 0 Å². The van der Waals surface area contributed by atoms with Crippen molar-refractivity contribution in [1.29, 1.82) is 0 Å². The van der Waals surface area contributed by atoms with Crippen LogP contribution in [0.15, 0.2) is 18.2 Å². The number of hydrogen-bond acceptors (Lipinski definition) is 4. The minimum absolute atomic E-state index is 0.107. The van der Waals surface area contributed by atoms with Crippen LogP contribution in [0.5, 0.6) is 5.75 Å². The molecule has 1 aromatic carbocycles. The Morgan fingerprint density at radius 2 is 2.19 bits per heavy atom. The summed E-state index contributed by atoms with van der Waals surface area (Å²) in [7, 11) is 2.03. The average molecular weight is 222 g/mol. The Labute approximate surface area is 93.8 Å². The highest BCUT2D eigenvalue weighted by Crippen LogP contribution is 2.25. The number of benzene rings is 1. The van der Waals surface area contributed by atoms with Crippen molar-refractivity contribution in [3.05, 3.63) is 33.9 Å². The summed E-state index contributed by atoms with van der Waals surface area (Å²) in [6, 6.07) is 4.69. The number of hydrogen-bond donors (Lipinski definition) is 0. The van der Waals surface area contributed by atoms with E-state index in [1.54, 1.807) is 6.07 Å². The highest BCUT2D eigenvalue weighted by Gasteiger charge is 2.25. The lowest BCUT2D eigenvalue weighted by Gasteiger charge is -2.36. The summed E-state index contributed by atoms with van der Waals surface area (Å²) in [6.45, 7) is 3.65. The van der Waals surface area contributed by atoms with Crippen molar-refractivity contribution in [2.24, 2.45) is 0 Å². The summed E-state index contributed by atoms with van der Waals surface area (Å²) < 4.78 is 5.72. The standard InChI is InChI=1S/C11H14N2O3/c1-8-5-9(13(14)15)3-4-11(8)16-10-6-12(2)7-10/h3-5,10H,6-7H2,1-2H3. The van der Waals surface area contributed by atoms with Gasteiger partial charge in [-0.05, 0) is 25.6 Å². The summed E-state index contributed by atoms with van der Waals surface area (Å²) in [5, 5.41) is 10.6. The molecule has 0 aromatic heterocycles. The first-order chi connectivity index (χ1) is 7.56. The minimum Gasteiger partial charge on any atom is -0.487 e. The average Bonchev–Trinajstić information content (AvgIpc) is 2.18. The van der Waals surface area contributed by atoms with E-state index >= 15 is 0 Å². The lowest BCUT2D eigenvalue weighted by molar-refractivity contribution is -0.384. The normalized spacial score (nSPS) is 16.9. The van der Waals surface area contributed by atoms with Gasteiger partial charge in [0.15, 0.2) is 0 Å². The second-order valence-corrected chi connectivity index (χ2v) is 4.17. The molecule has 5 nitrogen and oxygen atoms in total. The quantitative estimate of drug-likeness (QED) is 0.575. The van der Waals surface area contributed by atoms with Crippen molar-refractivity contribution in [1.82, 2.24) is 4.90 Å². The van der Waals surface area contributed by atoms with Crippen molar-refractivity contribution >= 4 is 5.69 Å². The summed E-state index contributed by atoms with van der Waals surface area (Å²) in [5.74, 6) is 0.740. The Morgan fingerprint density at radius 1 is 1.50 bits per heavy atom. The number of aryl methyl sites for hydroxylation is 1. The topological polar surface area (TPSA) is 55.6 Å². The number of rotatable bonds is 3. The van der Waals surface area contributed by atoms with Gasteiger partial charge in [0.2, 0.25) is 0 Å². The van der Waals surface area contributed by atoms with Gasteiger partial charge in [-0.1, -0.05) is 0 Å². The van der Waals surface area contributed by atoms with Crippen LogP contribution in [-0.2, 0) is 0 Å². The smallest absolute Gasteiger partial charge is 0.269 e. The molecule has 0 atom stereocenters. The lowest BCUT2D eigenvalue weighted by atomic mass is 10.1. The van der Waals surface area contributed by atoms with Gasteiger partial charge in [0, 0.05) is 25.2 Å². The van der Waals surface area contributed by atoms with E-state index < -0.39 is 4.92 Å². The number of likely N-dealkylation sites (tertiary alicyclic amines) is 1. The van der Waals surface area contributed by atoms with Crippen molar-refractivity contribution in [2.75, 3.05) is 20.1 Å². The first-order valence-electron chi connectivity index (χ1n) is 5.16. The van der Waals surface area contributed by atoms with E-state index in [1.165, 1.54) is 12.1 Å². The van der Waals surface area contributed by atoms with Crippen molar-refractivity contribution in [2.45, 2.75) is 13.0 Å². The molecule has 0 amide bonds. The van der Waals surface area contributed by atoms with Gasteiger partial charge >= 0.3 is 0 Å². The molecule has 0 bridgehead atoms. The molecule has 0 N–H and O–H groups in total. The fraction of sp³-hybridized carbons (Fsp3) is 0.455. The van der Waals surface area contributed by atoms with Crippen LogP contribution in [0.2, 0.25) is 0 Å². The minimum atomic E-state index is -0.395. The fourth-order valence-electron chi connectivity index (χ4n) is 1.78. The van der Waals surface area contributed by atoms with E-state index in [2.05, 4.69) is 4.90 Å². The second-order valence-electron chi connectivity index (χ2n) is 4.17. The zero-order chi connectivity index (χ0) is 11.7. The fourth-order valence-corrected chi connectivity index (χ4v) is 1.78. The van der Waals surface area contributed by atoms with Crippen LogP contribution in [-0.4, -0.2) is 36.1 Å². The van der Waals surface area contributed by atoms with E-state index in [0.717, 1.165) is 24.4 Å². The van der Waals surface area contributed by atoms with Crippen LogP contribution < -0.4 is 4.74 Å². The third-order valence-corrected chi connectivity index (χ3v) is 2.69. The highest BCUT2D eigenvalue weighted by molar-refractivity contribution is 5.43. The summed E-state index contributed by atoms with van der Waals surface area (Å²) in [6.07, 6.45) is 0.213. The third kappa shape index (κ3) is 2.14. The molecule has 1 heterocycles. The zero-order valence-electron chi connectivity index (χ0n) is 9.34. The van der Waals surface area contributed by atoms with Crippen LogP contribution in [0.3, 0.4) is 0 Å². The highest BCUT2D eigenvalue weighted by atomic mass is 16.6. The Balaban J connectivity index is 2.07. The van der Waals surface area contributed by atoms with Gasteiger partial charge in [-0.15, -0.1) is 0 Å². The molecule has 1 aliphatic heterocycles. The Hall–Kier alpha value is -1.62. The second kappa shape index (κ2) is 4.09. The molecule has 0 radical (unpaired) electrons. The molecule has 0 aliphatic carbocycles. The molecule has 1 aromatic rings. The molecule has 0 saturated carbocycles. The molecule has 5 heteroatoms. The molecular weight excluding hydrogens is 208 g/mol. The van der Waals surface area contributed by atoms with Crippen molar-refractivity contribution in [3.8, 4) is 5.75 Å². The maximum atomic E-state index is 10.6. The first kappa shape index (κ1) is 10.9. The zero-order valence-corrected chi connectivity index (χ0v) is 9.34. The van der Waals surface area contributed by atoms with Crippen molar-refractivity contribution < 1.29 is 9.66 Å². The van der Waals surface area contributed by atoms with Gasteiger partial charge < -0.3 is 4.74 Å². The van der Waals surface area contributed by atoms with Crippen LogP contribution in [0.4, 0.5) is 5.69 Å². The maximum Gasteiger partial charge on any atom is 0.269 e. The Kier molecular flexibility index (Phi) is 2.78. The van der Waals surface area contributed by atoms with Crippen LogP contribution >= 0.6 is 0 Å². The largest absolute Gasteiger partial charge is 0.487 e. The molecule has 1 saturated heterocycles. The van der Waals surface area contributed by atoms with E-state index in [9.17, 15) is 10.1 Å². The molecule has 0 spiro atoms. The summed E-state index contributed by atoms with van der Waals surface area (Å²) in [4.78, 5) is 12.3. The van der Waals surface area contributed by atoms with Crippen molar-refractivity contribution in [3.63, 3.8) is 0 Å². The van der Waals surface area contributed by atoms with E-state index in [-0.39, 0.29) is 11.8 Å². The summed E-state index contributed by atoms with van der Waals surface area (Å²) in [5.41, 5.74) is 0.916. The number of nitrogens with zero attached hydrogens (tertiary/aromatic N) is 2. The molecule has 0 unspecified atom stereocenters. The van der Waals surface area contributed by atoms with Gasteiger partial charge in [0.25, 0.3) is 5.69 Å².